The number of rotatable bonds is 1. The molecule has 0 bridgehead atoms. The molecule has 0 radical (unpaired) electrons. The minimum absolute atomic E-state index is 0.443. The second kappa shape index (κ2) is 2.98. The van der Waals surface area contributed by atoms with Gasteiger partial charge in [-0.05, 0) is 14.0 Å². The highest BCUT2D eigenvalue weighted by Gasteiger charge is 2.41. The van der Waals surface area contributed by atoms with E-state index in [9.17, 15) is 0 Å². The first-order valence-corrected chi connectivity index (χ1v) is 4.72. The van der Waals surface area contributed by atoms with E-state index < -0.39 is 0 Å². The van der Waals surface area contributed by atoms with E-state index in [1.54, 1.807) is 0 Å². The first kappa shape index (κ1) is 8.48. The van der Waals surface area contributed by atoms with E-state index in [2.05, 4.69) is 23.8 Å². The Balaban J connectivity index is 1.90. The van der Waals surface area contributed by atoms with E-state index in [0.29, 0.717) is 5.54 Å². The maximum Gasteiger partial charge on any atom is 0.0594 e. The molecule has 12 heavy (non-hydrogen) atoms. The zero-order valence-electron chi connectivity index (χ0n) is 8.05. The van der Waals surface area contributed by atoms with Gasteiger partial charge in [0.25, 0.3) is 0 Å². The normalized spacial score (nSPS) is 31.5. The van der Waals surface area contributed by atoms with Crippen LogP contribution in [-0.2, 0) is 4.74 Å². The van der Waals surface area contributed by atoms with E-state index in [0.717, 1.165) is 26.3 Å². The molecule has 70 valence electrons. The summed E-state index contributed by atoms with van der Waals surface area (Å²) in [6.45, 7) is 8.85. The van der Waals surface area contributed by atoms with Crippen molar-refractivity contribution in [2.24, 2.45) is 0 Å². The smallest absolute Gasteiger partial charge is 0.0594 e. The molecule has 0 aromatic carbocycles. The quantitative estimate of drug-likeness (QED) is 0.552. The van der Waals surface area contributed by atoms with Gasteiger partial charge in [-0.25, -0.2) is 0 Å². The van der Waals surface area contributed by atoms with Gasteiger partial charge in [-0.1, -0.05) is 0 Å². The lowest BCUT2D eigenvalue weighted by atomic mass is 9.90. The van der Waals surface area contributed by atoms with Crippen LogP contribution in [0.5, 0.6) is 0 Å². The summed E-state index contributed by atoms with van der Waals surface area (Å²) in [6.07, 6.45) is 0. The number of likely N-dealkylation sites (N-methyl/N-ethyl adjacent to an activating group) is 1. The SMILES string of the molecule is CN1CC(C)(N2CCOCC2)C1. The molecule has 2 fully saturated rings. The molecular formula is C9H18N2O. The molecule has 2 rings (SSSR count). The highest BCUT2D eigenvalue weighted by molar-refractivity contribution is 4.99. The summed E-state index contributed by atoms with van der Waals surface area (Å²) < 4.78 is 5.34. The van der Waals surface area contributed by atoms with Crippen LogP contribution < -0.4 is 0 Å². The van der Waals surface area contributed by atoms with Crippen molar-refractivity contribution in [1.29, 1.82) is 0 Å². The average molecular weight is 170 g/mol. The molecule has 2 saturated heterocycles. The van der Waals surface area contributed by atoms with Gasteiger partial charge in [-0.2, -0.15) is 0 Å². The third-order valence-corrected chi connectivity index (χ3v) is 3.00. The second-order valence-electron chi connectivity index (χ2n) is 4.27. The Labute approximate surface area is 74.3 Å². The Morgan fingerprint density at radius 1 is 1.17 bits per heavy atom. The van der Waals surface area contributed by atoms with Gasteiger partial charge < -0.3 is 9.64 Å². The highest BCUT2D eigenvalue weighted by Crippen LogP contribution is 2.26. The zero-order valence-corrected chi connectivity index (χ0v) is 8.05. The predicted octanol–water partition coefficient (Wildman–Crippen LogP) is 0.0227. The number of nitrogens with zero attached hydrogens (tertiary/aromatic N) is 2. The molecular weight excluding hydrogens is 152 g/mol. The first-order valence-electron chi connectivity index (χ1n) is 4.72. The fourth-order valence-corrected chi connectivity index (χ4v) is 2.42. The van der Waals surface area contributed by atoms with Crippen molar-refractivity contribution in [2.75, 3.05) is 46.4 Å². The van der Waals surface area contributed by atoms with Crippen molar-refractivity contribution >= 4 is 0 Å². The van der Waals surface area contributed by atoms with Crippen molar-refractivity contribution in [3.63, 3.8) is 0 Å². The van der Waals surface area contributed by atoms with Crippen LogP contribution in [-0.4, -0.2) is 61.8 Å². The summed E-state index contributed by atoms with van der Waals surface area (Å²) in [5, 5.41) is 0. The molecule has 2 aliphatic rings. The summed E-state index contributed by atoms with van der Waals surface area (Å²) in [7, 11) is 2.18. The fourth-order valence-electron chi connectivity index (χ4n) is 2.42. The molecule has 0 amide bonds. The maximum absolute atomic E-state index is 5.34. The molecule has 2 heterocycles. The zero-order chi connectivity index (χ0) is 8.60. The van der Waals surface area contributed by atoms with Crippen molar-refractivity contribution in [3.05, 3.63) is 0 Å². The molecule has 0 atom stereocenters. The van der Waals surface area contributed by atoms with Crippen LogP contribution in [0.4, 0.5) is 0 Å². The van der Waals surface area contributed by atoms with Crippen LogP contribution >= 0.6 is 0 Å². The van der Waals surface area contributed by atoms with Gasteiger partial charge in [-0.15, -0.1) is 0 Å². The molecule has 3 nitrogen and oxygen atoms in total. The third-order valence-electron chi connectivity index (χ3n) is 3.00. The van der Waals surface area contributed by atoms with Crippen LogP contribution in [0.25, 0.3) is 0 Å². The number of morpholine rings is 1. The van der Waals surface area contributed by atoms with Crippen LogP contribution in [0.2, 0.25) is 0 Å². The Kier molecular flexibility index (Phi) is 2.10. The van der Waals surface area contributed by atoms with E-state index in [1.807, 2.05) is 0 Å². The molecule has 3 heteroatoms. The van der Waals surface area contributed by atoms with Crippen LogP contribution in [0.3, 0.4) is 0 Å². The topological polar surface area (TPSA) is 15.7 Å². The van der Waals surface area contributed by atoms with Crippen LogP contribution in [0.1, 0.15) is 6.92 Å². The number of hydrogen-bond donors (Lipinski definition) is 0. The van der Waals surface area contributed by atoms with E-state index in [4.69, 9.17) is 4.74 Å². The number of likely N-dealkylation sites (tertiary alicyclic amines) is 1. The van der Waals surface area contributed by atoms with Crippen LogP contribution in [0.15, 0.2) is 0 Å². The summed E-state index contributed by atoms with van der Waals surface area (Å²) in [5.41, 5.74) is 0.443. The lowest BCUT2D eigenvalue weighted by Crippen LogP contribution is -2.68. The minimum atomic E-state index is 0.443. The average Bonchev–Trinajstić information content (AvgIpc) is 2.04. The highest BCUT2D eigenvalue weighted by atomic mass is 16.5. The molecule has 0 N–H and O–H groups in total. The largest absolute Gasteiger partial charge is 0.379 e. The lowest BCUT2D eigenvalue weighted by Gasteiger charge is -2.54. The van der Waals surface area contributed by atoms with Crippen molar-refractivity contribution in [3.8, 4) is 0 Å². The Morgan fingerprint density at radius 3 is 2.25 bits per heavy atom. The van der Waals surface area contributed by atoms with E-state index in [1.165, 1.54) is 13.1 Å². The summed E-state index contributed by atoms with van der Waals surface area (Å²) in [5.74, 6) is 0. The van der Waals surface area contributed by atoms with E-state index >= 15 is 0 Å². The van der Waals surface area contributed by atoms with Gasteiger partial charge in [0, 0.05) is 31.7 Å². The lowest BCUT2D eigenvalue weighted by molar-refractivity contribution is -0.0770. The number of ether oxygens (including phenoxy) is 1. The standard InChI is InChI=1S/C9H18N2O/c1-9(7-10(2)8-9)11-3-5-12-6-4-11/h3-8H2,1-2H3. The summed E-state index contributed by atoms with van der Waals surface area (Å²) >= 11 is 0. The first-order chi connectivity index (χ1) is 5.71. The Morgan fingerprint density at radius 2 is 1.75 bits per heavy atom. The van der Waals surface area contributed by atoms with Gasteiger partial charge in [0.05, 0.1) is 13.2 Å². The van der Waals surface area contributed by atoms with Gasteiger partial charge >= 0.3 is 0 Å². The third kappa shape index (κ3) is 1.37. The van der Waals surface area contributed by atoms with Crippen molar-refractivity contribution in [1.82, 2.24) is 9.80 Å². The van der Waals surface area contributed by atoms with Gasteiger partial charge in [0.15, 0.2) is 0 Å². The fraction of sp³-hybridized carbons (Fsp3) is 1.00. The molecule has 0 saturated carbocycles. The molecule has 0 aromatic rings. The molecule has 0 aliphatic carbocycles. The van der Waals surface area contributed by atoms with Gasteiger partial charge in [0.2, 0.25) is 0 Å². The Hall–Kier alpha value is -0.120. The van der Waals surface area contributed by atoms with E-state index in [-0.39, 0.29) is 0 Å². The van der Waals surface area contributed by atoms with Crippen LogP contribution in [0, 0.1) is 0 Å². The molecule has 2 aliphatic heterocycles. The predicted molar refractivity (Wildman–Crippen MR) is 48.3 cm³/mol. The molecule has 0 unspecified atom stereocenters. The van der Waals surface area contributed by atoms with Crippen molar-refractivity contribution < 1.29 is 4.74 Å². The monoisotopic (exact) mass is 170 g/mol. The maximum atomic E-state index is 5.34. The molecule has 0 aromatic heterocycles. The Bertz CT molecular complexity index is 160. The second-order valence-corrected chi connectivity index (χ2v) is 4.27. The minimum Gasteiger partial charge on any atom is -0.379 e. The van der Waals surface area contributed by atoms with Gasteiger partial charge in [-0.3, -0.25) is 4.90 Å². The summed E-state index contributed by atoms with van der Waals surface area (Å²) in [6, 6.07) is 0. The van der Waals surface area contributed by atoms with Crippen molar-refractivity contribution in [2.45, 2.75) is 12.5 Å². The summed E-state index contributed by atoms with van der Waals surface area (Å²) in [4.78, 5) is 4.94. The van der Waals surface area contributed by atoms with Gasteiger partial charge in [0.1, 0.15) is 0 Å². The number of hydrogen-bond acceptors (Lipinski definition) is 3. The molecule has 0 spiro atoms.